The van der Waals surface area contributed by atoms with Gasteiger partial charge in [0.25, 0.3) is 0 Å². The minimum Gasteiger partial charge on any atom is -0.229 e. The highest BCUT2D eigenvalue weighted by Gasteiger charge is 2.22. The summed E-state index contributed by atoms with van der Waals surface area (Å²) in [4.78, 5) is 0. The highest BCUT2D eigenvalue weighted by molar-refractivity contribution is 7.98. The molecule has 0 saturated carbocycles. The van der Waals surface area contributed by atoms with E-state index in [1.807, 2.05) is 0 Å². The van der Waals surface area contributed by atoms with Crippen molar-refractivity contribution in [3.8, 4) is 0 Å². The molecule has 0 radical (unpaired) electrons. The van der Waals surface area contributed by atoms with Crippen LogP contribution < -0.4 is 0 Å². The quantitative estimate of drug-likeness (QED) is 0.536. The van der Waals surface area contributed by atoms with Crippen molar-refractivity contribution < 1.29 is 8.42 Å². The van der Waals surface area contributed by atoms with Crippen LogP contribution in [-0.4, -0.2) is 31.9 Å². The van der Waals surface area contributed by atoms with Gasteiger partial charge in [0, 0.05) is 0 Å². The fourth-order valence-corrected chi connectivity index (χ4v) is 5.71. The van der Waals surface area contributed by atoms with E-state index in [1.165, 1.54) is 0 Å². The lowest BCUT2D eigenvalue weighted by atomic mass is 10.0. The Balaban J connectivity index is 4.40. The Kier molecular flexibility index (Phi) is 11.2. The Hall–Kier alpha value is 0.300. The summed E-state index contributed by atoms with van der Waals surface area (Å²) in [5.41, 5.74) is 0. The van der Waals surface area contributed by atoms with Crippen molar-refractivity contribution in [2.75, 3.05) is 23.5 Å². The zero-order valence-electron chi connectivity index (χ0n) is 13.2. The average molecular weight is 309 g/mol. The van der Waals surface area contributed by atoms with Crippen molar-refractivity contribution >= 4 is 21.6 Å². The molecule has 0 amide bonds. The van der Waals surface area contributed by atoms with Gasteiger partial charge < -0.3 is 0 Å². The molecule has 0 aromatic rings. The first-order valence-electron chi connectivity index (χ1n) is 7.68. The molecule has 0 aliphatic rings. The molecule has 19 heavy (non-hydrogen) atoms. The Morgan fingerprint density at radius 3 is 2.05 bits per heavy atom. The van der Waals surface area contributed by atoms with Gasteiger partial charge in [-0.1, -0.05) is 46.5 Å². The number of rotatable bonds is 12. The minimum absolute atomic E-state index is 0.341. The van der Waals surface area contributed by atoms with E-state index in [-0.39, 0.29) is 0 Å². The summed E-state index contributed by atoms with van der Waals surface area (Å²) in [5, 5.41) is 0. The van der Waals surface area contributed by atoms with Crippen LogP contribution in [0.4, 0.5) is 0 Å². The Labute approximate surface area is 125 Å². The van der Waals surface area contributed by atoms with Gasteiger partial charge in [-0.05, 0) is 36.7 Å². The minimum atomic E-state index is -2.88. The number of unbranched alkanes of at least 4 members (excludes halogenated alkanes) is 1. The second kappa shape index (κ2) is 11.0. The molecule has 0 aliphatic heterocycles. The zero-order chi connectivity index (χ0) is 14.7. The number of hydrogen-bond donors (Lipinski definition) is 0. The van der Waals surface area contributed by atoms with Crippen LogP contribution >= 0.6 is 11.8 Å². The van der Waals surface area contributed by atoms with Gasteiger partial charge in [-0.2, -0.15) is 11.8 Å². The summed E-state index contributed by atoms with van der Waals surface area (Å²) in [6.45, 7) is 6.41. The maximum atomic E-state index is 12.3. The van der Waals surface area contributed by atoms with Crippen molar-refractivity contribution in [1.29, 1.82) is 0 Å². The number of sulfone groups is 1. The highest BCUT2D eigenvalue weighted by atomic mass is 32.2. The van der Waals surface area contributed by atoms with Crippen molar-refractivity contribution in [2.45, 2.75) is 59.3 Å². The third-order valence-electron chi connectivity index (χ3n) is 3.62. The second-order valence-corrected chi connectivity index (χ2v) is 8.67. The van der Waals surface area contributed by atoms with E-state index in [2.05, 4.69) is 27.0 Å². The van der Waals surface area contributed by atoms with Crippen molar-refractivity contribution in [2.24, 2.45) is 11.8 Å². The molecule has 0 rings (SSSR count). The average Bonchev–Trinajstić information content (AvgIpc) is 2.34. The monoisotopic (exact) mass is 308 g/mol. The van der Waals surface area contributed by atoms with Gasteiger partial charge in [0.1, 0.15) is 0 Å². The van der Waals surface area contributed by atoms with Crippen molar-refractivity contribution in [1.82, 2.24) is 0 Å². The first-order chi connectivity index (χ1) is 8.99. The molecule has 0 fully saturated rings. The van der Waals surface area contributed by atoms with Crippen LogP contribution in [0.1, 0.15) is 59.3 Å². The Morgan fingerprint density at radius 1 is 0.947 bits per heavy atom. The predicted octanol–water partition coefficient (Wildman–Crippen LogP) is 4.40. The van der Waals surface area contributed by atoms with Crippen LogP contribution in [0.15, 0.2) is 0 Å². The standard InChI is InChI=1S/C15H32O2S2/c1-5-8-10-14(7-3)12-19(16,17)13-15(9-6-2)11-18-4/h14-15H,5-13H2,1-4H3. The Bertz CT molecular complexity index is 293. The third kappa shape index (κ3) is 9.78. The van der Waals surface area contributed by atoms with E-state index in [0.717, 1.165) is 44.3 Å². The molecular formula is C15H32O2S2. The summed E-state index contributed by atoms with van der Waals surface area (Å²) >= 11 is 1.76. The van der Waals surface area contributed by atoms with E-state index in [9.17, 15) is 8.42 Å². The molecule has 0 bridgehead atoms. The fourth-order valence-electron chi connectivity index (χ4n) is 2.54. The summed E-state index contributed by atoms with van der Waals surface area (Å²) in [6, 6.07) is 0. The third-order valence-corrected chi connectivity index (χ3v) is 6.39. The largest absolute Gasteiger partial charge is 0.229 e. The van der Waals surface area contributed by atoms with Gasteiger partial charge in [0.15, 0.2) is 9.84 Å². The lowest BCUT2D eigenvalue weighted by Gasteiger charge is -2.18. The maximum absolute atomic E-state index is 12.3. The first-order valence-corrected chi connectivity index (χ1v) is 10.9. The normalized spacial score (nSPS) is 15.4. The molecule has 0 spiro atoms. The molecule has 0 saturated heterocycles. The zero-order valence-corrected chi connectivity index (χ0v) is 14.8. The van der Waals surface area contributed by atoms with Gasteiger partial charge in [-0.15, -0.1) is 0 Å². The first kappa shape index (κ1) is 19.3. The smallest absolute Gasteiger partial charge is 0.150 e. The Morgan fingerprint density at radius 2 is 1.58 bits per heavy atom. The molecule has 0 aromatic heterocycles. The summed E-state index contributed by atoms with van der Waals surface area (Å²) < 4.78 is 24.6. The molecule has 0 aliphatic carbocycles. The van der Waals surface area contributed by atoms with Gasteiger partial charge >= 0.3 is 0 Å². The SMILES string of the molecule is CCCCC(CC)CS(=O)(=O)CC(CCC)CSC. The lowest BCUT2D eigenvalue weighted by molar-refractivity contribution is 0.478. The fraction of sp³-hybridized carbons (Fsp3) is 1.00. The maximum Gasteiger partial charge on any atom is 0.150 e. The van der Waals surface area contributed by atoms with Crippen molar-refractivity contribution in [3.05, 3.63) is 0 Å². The van der Waals surface area contributed by atoms with Crippen molar-refractivity contribution in [3.63, 3.8) is 0 Å². The second-order valence-electron chi connectivity index (χ2n) is 5.60. The van der Waals surface area contributed by atoms with Crippen LogP contribution in [0.25, 0.3) is 0 Å². The van der Waals surface area contributed by atoms with E-state index < -0.39 is 9.84 Å². The molecule has 116 valence electrons. The topological polar surface area (TPSA) is 34.1 Å². The summed E-state index contributed by atoms with van der Waals surface area (Å²) in [7, 11) is -2.88. The number of hydrogen-bond acceptors (Lipinski definition) is 3. The summed E-state index contributed by atoms with van der Waals surface area (Å²) in [6.07, 6.45) is 8.52. The van der Waals surface area contributed by atoms with Crippen LogP contribution in [-0.2, 0) is 9.84 Å². The molecule has 2 unspecified atom stereocenters. The van der Waals surface area contributed by atoms with Crippen LogP contribution in [0.2, 0.25) is 0 Å². The number of thioether (sulfide) groups is 1. The predicted molar refractivity (Wildman–Crippen MR) is 88.7 cm³/mol. The van der Waals surface area contributed by atoms with Crippen LogP contribution in [0.3, 0.4) is 0 Å². The molecule has 2 atom stereocenters. The van der Waals surface area contributed by atoms with E-state index in [1.54, 1.807) is 11.8 Å². The molecule has 2 nitrogen and oxygen atoms in total. The van der Waals surface area contributed by atoms with Gasteiger partial charge in [0.2, 0.25) is 0 Å². The highest BCUT2D eigenvalue weighted by Crippen LogP contribution is 2.20. The molecule has 0 N–H and O–H groups in total. The van der Waals surface area contributed by atoms with Crippen LogP contribution in [0, 0.1) is 11.8 Å². The summed E-state index contributed by atoms with van der Waals surface area (Å²) in [5.74, 6) is 2.47. The van der Waals surface area contributed by atoms with E-state index in [4.69, 9.17) is 0 Å². The molecular weight excluding hydrogens is 276 g/mol. The molecule has 4 heteroatoms. The molecule has 0 heterocycles. The van der Waals surface area contributed by atoms with E-state index >= 15 is 0 Å². The van der Waals surface area contributed by atoms with Gasteiger partial charge in [-0.3, -0.25) is 0 Å². The van der Waals surface area contributed by atoms with E-state index in [0.29, 0.717) is 23.3 Å². The van der Waals surface area contributed by atoms with Gasteiger partial charge in [-0.25, -0.2) is 8.42 Å². The van der Waals surface area contributed by atoms with Gasteiger partial charge in [0.05, 0.1) is 11.5 Å². The van der Waals surface area contributed by atoms with Crippen LogP contribution in [0.5, 0.6) is 0 Å². The lowest BCUT2D eigenvalue weighted by Crippen LogP contribution is -2.24. The molecule has 0 aromatic carbocycles.